The SMILES string of the molecule is C[C@@H](O)C(O)[C@H](OC(O)CNC(=O)NN)O[C@H]1OC(CNC(=O)NN)[C@@H](O)C(O)C1O. The molecule has 17 nitrogen and oxygen atoms in total. The van der Waals surface area contributed by atoms with Crippen molar-refractivity contribution >= 4 is 12.1 Å². The molecule has 1 saturated heterocycles. The molecular formula is C14H30N6O11. The van der Waals surface area contributed by atoms with Crippen molar-refractivity contribution in [2.75, 3.05) is 13.1 Å². The molecule has 0 aromatic carbocycles. The molecule has 1 aliphatic rings. The van der Waals surface area contributed by atoms with Crippen LogP contribution in [0.25, 0.3) is 0 Å². The Morgan fingerprint density at radius 3 is 2.13 bits per heavy atom. The molecule has 0 aliphatic carbocycles. The number of aliphatic hydroxyl groups excluding tert-OH is 6. The second-order valence-corrected chi connectivity index (χ2v) is 6.55. The van der Waals surface area contributed by atoms with Gasteiger partial charge in [-0.1, -0.05) is 0 Å². The Kier molecular flexibility index (Phi) is 11.2. The standard InChI is InChI=1S/C14H30N6O11/c1-4(21)7(23)11(30-6(22)3-18-14(28)20-16)31-12-10(26)9(25)8(24)5(29-12)2-17-13(27)19-15/h4-12,21-26H,2-3,15-16H2,1H3,(H2,17,19,27)(H2,18,20,28)/t4-,5?,6?,7?,8-,9?,10?,11-,12-/m1/s1. The maximum Gasteiger partial charge on any atom is 0.329 e. The van der Waals surface area contributed by atoms with Crippen LogP contribution in [0.3, 0.4) is 0 Å². The second-order valence-electron chi connectivity index (χ2n) is 6.55. The van der Waals surface area contributed by atoms with Crippen molar-refractivity contribution in [3.05, 3.63) is 0 Å². The van der Waals surface area contributed by atoms with Gasteiger partial charge in [0, 0.05) is 6.54 Å². The largest absolute Gasteiger partial charge is 0.391 e. The molecule has 182 valence electrons. The summed E-state index contributed by atoms with van der Waals surface area (Å²) in [6, 6.07) is -1.67. The number of carbonyl (C=O) groups is 2. The molecule has 0 bridgehead atoms. The number of hydrogen-bond donors (Lipinski definition) is 12. The van der Waals surface area contributed by atoms with E-state index in [-0.39, 0.29) is 6.54 Å². The van der Waals surface area contributed by atoms with Crippen molar-refractivity contribution in [3.8, 4) is 0 Å². The summed E-state index contributed by atoms with van der Waals surface area (Å²) in [7, 11) is 0. The molecule has 1 rings (SSSR count). The van der Waals surface area contributed by atoms with E-state index in [1.807, 2.05) is 0 Å². The molecular weight excluding hydrogens is 428 g/mol. The summed E-state index contributed by atoms with van der Waals surface area (Å²) in [6.07, 6.45) is -15.1. The zero-order valence-corrected chi connectivity index (χ0v) is 16.5. The fourth-order valence-electron chi connectivity index (χ4n) is 2.43. The Bertz CT molecular complexity index is 573. The van der Waals surface area contributed by atoms with Gasteiger partial charge in [0.2, 0.25) is 0 Å². The van der Waals surface area contributed by atoms with E-state index >= 15 is 0 Å². The minimum Gasteiger partial charge on any atom is -0.391 e. The predicted molar refractivity (Wildman–Crippen MR) is 97.8 cm³/mol. The zero-order valence-electron chi connectivity index (χ0n) is 16.5. The van der Waals surface area contributed by atoms with E-state index in [2.05, 4.69) is 10.6 Å². The van der Waals surface area contributed by atoms with Gasteiger partial charge in [-0.15, -0.1) is 0 Å². The monoisotopic (exact) mass is 458 g/mol. The highest BCUT2D eigenvalue weighted by atomic mass is 16.8. The summed E-state index contributed by atoms with van der Waals surface area (Å²) in [5.74, 6) is 9.78. The van der Waals surface area contributed by atoms with E-state index in [9.17, 15) is 40.2 Å². The molecule has 0 aromatic heterocycles. The number of hydrogen-bond acceptors (Lipinski definition) is 13. The number of hydrazine groups is 2. The quantitative estimate of drug-likeness (QED) is 0.0628. The summed E-state index contributed by atoms with van der Waals surface area (Å²) in [6.45, 7) is 0.302. The highest BCUT2D eigenvalue weighted by Crippen LogP contribution is 2.24. The summed E-state index contributed by atoms with van der Waals surface area (Å²) in [5, 5.41) is 64.1. The number of aliphatic hydroxyl groups is 6. The molecule has 9 atom stereocenters. The Hall–Kier alpha value is -1.90. The molecule has 0 aromatic rings. The summed E-state index contributed by atoms with van der Waals surface area (Å²) in [5.41, 5.74) is 3.51. The van der Waals surface area contributed by atoms with Crippen LogP contribution in [-0.4, -0.2) is 111 Å². The van der Waals surface area contributed by atoms with Gasteiger partial charge in [0.1, 0.15) is 30.5 Å². The van der Waals surface area contributed by atoms with Crippen LogP contribution in [0, 0.1) is 0 Å². The van der Waals surface area contributed by atoms with Crippen LogP contribution in [0.15, 0.2) is 0 Å². The molecule has 31 heavy (non-hydrogen) atoms. The number of carbonyl (C=O) groups excluding carboxylic acids is 2. The van der Waals surface area contributed by atoms with E-state index < -0.39 is 74.1 Å². The molecule has 0 radical (unpaired) electrons. The minimum absolute atomic E-state index is 0.362. The lowest BCUT2D eigenvalue weighted by Gasteiger charge is -2.42. The van der Waals surface area contributed by atoms with E-state index in [4.69, 9.17) is 25.9 Å². The van der Waals surface area contributed by atoms with Gasteiger partial charge in [-0.05, 0) is 6.92 Å². The topological polar surface area (TPSA) is 283 Å². The Morgan fingerprint density at radius 2 is 1.58 bits per heavy atom. The first-order valence-electron chi connectivity index (χ1n) is 9.05. The lowest BCUT2D eigenvalue weighted by molar-refractivity contribution is -0.363. The second kappa shape index (κ2) is 12.8. The van der Waals surface area contributed by atoms with Crippen molar-refractivity contribution < 1.29 is 54.4 Å². The molecule has 4 amide bonds. The number of amides is 4. The van der Waals surface area contributed by atoms with Crippen molar-refractivity contribution in [2.45, 2.75) is 62.4 Å². The average Bonchev–Trinajstić information content (AvgIpc) is 2.75. The van der Waals surface area contributed by atoms with Gasteiger partial charge in [0.25, 0.3) is 0 Å². The van der Waals surface area contributed by atoms with Crippen LogP contribution < -0.4 is 33.2 Å². The highest BCUT2D eigenvalue weighted by Gasteiger charge is 2.46. The van der Waals surface area contributed by atoms with Crippen molar-refractivity contribution in [3.63, 3.8) is 0 Å². The van der Waals surface area contributed by atoms with Crippen molar-refractivity contribution in [2.24, 2.45) is 11.7 Å². The molecule has 5 unspecified atom stereocenters. The van der Waals surface area contributed by atoms with E-state index in [1.165, 1.54) is 6.92 Å². The lowest BCUT2D eigenvalue weighted by Crippen LogP contribution is -2.62. The van der Waals surface area contributed by atoms with E-state index in [1.54, 1.807) is 10.9 Å². The zero-order chi connectivity index (χ0) is 23.7. The number of urea groups is 2. The van der Waals surface area contributed by atoms with Gasteiger partial charge < -0.3 is 55.5 Å². The van der Waals surface area contributed by atoms with Crippen LogP contribution in [0.1, 0.15) is 6.92 Å². The van der Waals surface area contributed by atoms with Gasteiger partial charge in [0.05, 0.1) is 12.6 Å². The Morgan fingerprint density at radius 1 is 1.00 bits per heavy atom. The minimum atomic E-state index is -1.85. The third-order valence-electron chi connectivity index (χ3n) is 4.16. The van der Waals surface area contributed by atoms with Crippen molar-refractivity contribution in [1.29, 1.82) is 0 Å². The number of nitrogens with one attached hydrogen (secondary N) is 4. The van der Waals surface area contributed by atoms with Crippen LogP contribution in [0.2, 0.25) is 0 Å². The molecule has 0 spiro atoms. The van der Waals surface area contributed by atoms with Gasteiger partial charge in [0.15, 0.2) is 18.9 Å². The Labute approximate surface area is 176 Å². The lowest BCUT2D eigenvalue weighted by atomic mass is 9.99. The van der Waals surface area contributed by atoms with Gasteiger partial charge in [-0.25, -0.2) is 21.3 Å². The third-order valence-corrected chi connectivity index (χ3v) is 4.16. The predicted octanol–water partition coefficient (Wildman–Crippen LogP) is -6.44. The normalized spacial score (nSPS) is 29.9. The molecule has 1 aliphatic heterocycles. The first kappa shape index (κ1) is 27.1. The Balaban J connectivity index is 2.86. The van der Waals surface area contributed by atoms with Crippen LogP contribution in [-0.2, 0) is 14.2 Å². The highest BCUT2D eigenvalue weighted by molar-refractivity contribution is 5.73. The van der Waals surface area contributed by atoms with Gasteiger partial charge >= 0.3 is 12.1 Å². The third kappa shape index (κ3) is 8.27. The number of nitrogens with two attached hydrogens (primary N) is 2. The maximum absolute atomic E-state index is 11.2. The molecule has 1 fully saturated rings. The smallest absolute Gasteiger partial charge is 0.329 e. The van der Waals surface area contributed by atoms with Crippen molar-refractivity contribution in [1.82, 2.24) is 21.5 Å². The molecule has 0 saturated carbocycles. The molecule has 17 heteroatoms. The summed E-state index contributed by atoms with van der Waals surface area (Å²) >= 11 is 0. The van der Waals surface area contributed by atoms with Crippen LogP contribution in [0.4, 0.5) is 9.59 Å². The molecule has 1 heterocycles. The van der Waals surface area contributed by atoms with Crippen LogP contribution >= 0.6 is 0 Å². The first-order chi connectivity index (χ1) is 14.5. The number of ether oxygens (including phenoxy) is 3. The van der Waals surface area contributed by atoms with Gasteiger partial charge in [-0.2, -0.15) is 0 Å². The van der Waals surface area contributed by atoms with E-state index in [0.717, 1.165) is 0 Å². The summed E-state index contributed by atoms with van der Waals surface area (Å²) < 4.78 is 15.6. The maximum atomic E-state index is 11.2. The fraction of sp³-hybridized carbons (Fsp3) is 0.857. The number of rotatable bonds is 10. The van der Waals surface area contributed by atoms with E-state index in [0.29, 0.717) is 0 Å². The first-order valence-corrected chi connectivity index (χ1v) is 9.05. The average molecular weight is 458 g/mol. The van der Waals surface area contributed by atoms with Gasteiger partial charge in [-0.3, -0.25) is 10.9 Å². The fourth-order valence-corrected chi connectivity index (χ4v) is 2.43. The van der Waals surface area contributed by atoms with Crippen LogP contribution in [0.5, 0.6) is 0 Å². The molecule has 14 N–H and O–H groups in total. The summed E-state index contributed by atoms with van der Waals surface area (Å²) in [4.78, 5) is 22.3.